The molecule has 0 fully saturated rings. The van der Waals surface area contributed by atoms with Crippen molar-refractivity contribution in [1.29, 1.82) is 0 Å². The van der Waals surface area contributed by atoms with Gasteiger partial charge in [0.2, 0.25) is 5.91 Å². The number of carbonyl (C=O) groups excluding carboxylic acids is 2. The number of quaternary nitrogens is 1. The van der Waals surface area contributed by atoms with E-state index >= 15 is 0 Å². The fourth-order valence-corrected chi connectivity index (χ4v) is 9.78. The van der Waals surface area contributed by atoms with Gasteiger partial charge < -0.3 is 28.5 Å². The number of rotatable bonds is 56. The van der Waals surface area contributed by atoms with E-state index in [1.54, 1.807) is 0 Å². The molecule has 0 rings (SSSR count). The lowest BCUT2D eigenvalue weighted by molar-refractivity contribution is -0.870. The zero-order valence-corrected chi connectivity index (χ0v) is 49.7. The predicted octanol–water partition coefficient (Wildman–Crippen LogP) is 18.3. The van der Waals surface area contributed by atoms with E-state index in [4.69, 9.17) is 13.8 Å². The van der Waals surface area contributed by atoms with E-state index in [1.165, 1.54) is 180 Å². The van der Waals surface area contributed by atoms with Gasteiger partial charge in [0, 0.05) is 12.8 Å². The van der Waals surface area contributed by atoms with Crippen LogP contribution in [0.5, 0.6) is 0 Å². The highest BCUT2D eigenvalue weighted by Gasteiger charge is 2.27. The van der Waals surface area contributed by atoms with Crippen molar-refractivity contribution in [2.24, 2.45) is 0 Å². The number of unbranched alkanes of at least 4 members (excludes halogenated alkanes) is 36. The SMILES string of the molecule is CC/C=C/C=C/C=C/CCCCCCCCCC(=O)NC(COP(=O)([O-])OCC[N+](C)(C)C)C(/C=C/CCCCCCCCCCCCC)OC(=O)CCCCCCCCCCCCCCCCCCCCC. The van der Waals surface area contributed by atoms with Crippen LogP contribution in [-0.4, -0.2) is 69.4 Å². The maximum absolute atomic E-state index is 13.5. The van der Waals surface area contributed by atoms with Crippen LogP contribution in [0.2, 0.25) is 0 Å². The molecule has 1 N–H and O–H groups in total. The van der Waals surface area contributed by atoms with Gasteiger partial charge in [-0.3, -0.25) is 14.2 Å². The number of ether oxygens (including phenoxy) is 1. The summed E-state index contributed by atoms with van der Waals surface area (Å²) in [5, 5.41) is 3.02. The summed E-state index contributed by atoms with van der Waals surface area (Å²) in [7, 11) is 1.18. The van der Waals surface area contributed by atoms with Crippen molar-refractivity contribution in [2.75, 3.05) is 40.9 Å². The van der Waals surface area contributed by atoms with Crippen LogP contribution in [0.25, 0.3) is 0 Å². The average molecular weight is 1050 g/mol. The van der Waals surface area contributed by atoms with Crippen LogP contribution in [0.4, 0.5) is 0 Å². The standard InChI is InChI=1S/C63H119N2O7P/c1-7-10-13-16-19-22-25-28-30-31-32-33-35-38-41-44-47-50-53-56-63(67)72-61(54-51-48-45-42-39-36-27-24-21-18-15-12-9-3)60(59-71-73(68,69)70-58-57-65(4,5)6)64-62(66)55-52-49-46-43-40-37-34-29-26-23-20-17-14-11-8-2/h11,14,17,20,23,26,51,54,60-61H,7-10,12-13,15-16,18-19,21-22,24-25,27-50,52-53,55-59H2,1-6H3,(H-,64,66,68,69)/b14-11+,20-17+,26-23+,54-51+. The summed E-state index contributed by atoms with van der Waals surface area (Å²) in [5.74, 6) is -0.544. The van der Waals surface area contributed by atoms with Crippen LogP contribution in [-0.2, 0) is 27.9 Å². The molecule has 0 aromatic heterocycles. The van der Waals surface area contributed by atoms with Crippen LogP contribution in [0.3, 0.4) is 0 Å². The Morgan fingerprint density at radius 2 is 0.877 bits per heavy atom. The Morgan fingerprint density at radius 1 is 0.493 bits per heavy atom. The molecule has 0 saturated heterocycles. The van der Waals surface area contributed by atoms with Crippen LogP contribution >= 0.6 is 7.82 Å². The lowest BCUT2D eigenvalue weighted by Gasteiger charge is -2.30. The highest BCUT2D eigenvalue weighted by molar-refractivity contribution is 7.45. The smallest absolute Gasteiger partial charge is 0.306 e. The number of nitrogens with one attached hydrogen (secondary N) is 1. The molecule has 73 heavy (non-hydrogen) atoms. The van der Waals surface area contributed by atoms with Crippen LogP contribution in [0.15, 0.2) is 48.6 Å². The zero-order chi connectivity index (χ0) is 53.6. The third kappa shape index (κ3) is 54.6. The van der Waals surface area contributed by atoms with E-state index in [0.29, 0.717) is 17.4 Å². The number of amides is 1. The van der Waals surface area contributed by atoms with Crippen LogP contribution < -0.4 is 10.2 Å². The number of esters is 1. The summed E-state index contributed by atoms with van der Waals surface area (Å²) < 4.78 is 30.3. The van der Waals surface area contributed by atoms with Gasteiger partial charge in [0.15, 0.2) is 0 Å². The molecule has 428 valence electrons. The molecule has 0 aliphatic rings. The number of nitrogens with zero attached hydrogens (tertiary/aromatic N) is 1. The molecule has 0 aromatic carbocycles. The molecule has 0 heterocycles. The van der Waals surface area contributed by atoms with Gasteiger partial charge in [-0.1, -0.05) is 275 Å². The third-order valence-corrected chi connectivity index (χ3v) is 14.8. The first kappa shape index (κ1) is 71.0. The summed E-state index contributed by atoms with van der Waals surface area (Å²) in [6.45, 7) is 6.73. The molecule has 0 aromatic rings. The largest absolute Gasteiger partial charge is 0.756 e. The maximum atomic E-state index is 13.5. The Hall–Kier alpha value is -2.03. The molecular formula is C63H119N2O7P. The number of phosphoric ester groups is 1. The normalized spacial score (nSPS) is 14.0. The topological polar surface area (TPSA) is 114 Å². The van der Waals surface area contributed by atoms with E-state index < -0.39 is 26.6 Å². The van der Waals surface area contributed by atoms with Crippen molar-refractivity contribution in [3.05, 3.63) is 48.6 Å². The Labute approximate surface area is 452 Å². The highest BCUT2D eigenvalue weighted by atomic mass is 31.2. The van der Waals surface area contributed by atoms with Gasteiger partial charge in [-0.05, 0) is 51.0 Å². The van der Waals surface area contributed by atoms with Crippen molar-refractivity contribution in [1.82, 2.24) is 5.32 Å². The van der Waals surface area contributed by atoms with Crippen LogP contribution in [0.1, 0.15) is 290 Å². The van der Waals surface area contributed by atoms with Crippen molar-refractivity contribution in [2.45, 2.75) is 303 Å². The number of phosphoric acid groups is 1. The predicted molar refractivity (Wildman–Crippen MR) is 312 cm³/mol. The lowest BCUT2D eigenvalue weighted by Crippen LogP contribution is -2.47. The second-order valence-electron chi connectivity index (χ2n) is 22.2. The number of hydrogen-bond donors (Lipinski definition) is 1. The number of carbonyl (C=O) groups is 2. The lowest BCUT2D eigenvalue weighted by atomic mass is 10.0. The van der Waals surface area contributed by atoms with Crippen molar-refractivity contribution < 1.29 is 37.3 Å². The molecule has 10 heteroatoms. The van der Waals surface area contributed by atoms with E-state index in [2.05, 4.69) is 62.5 Å². The molecule has 0 aliphatic carbocycles. The quantitative estimate of drug-likeness (QED) is 0.0161. The zero-order valence-electron chi connectivity index (χ0n) is 48.8. The van der Waals surface area contributed by atoms with Crippen LogP contribution in [0, 0.1) is 0 Å². The van der Waals surface area contributed by atoms with Crippen molar-refractivity contribution in [3.8, 4) is 0 Å². The summed E-state index contributed by atoms with van der Waals surface area (Å²) in [6.07, 6.45) is 65.0. The summed E-state index contributed by atoms with van der Waals surface area (Å²) in [6, 6.07) is -0.892. The Balaban J connectivity index is 5.26. The van der Waals surface area contributed by atoms with Gasteiger partial charge in [0.05, 0.1) is 33.8 Å². The summed E-state index contributed by atoms with van der Waals surface area (Å²) in [4.78, 5) is 40.0. The molecular weight excluding hydrogens is 928 g/mol. The number of allylic oxidation sites excluding steroid dienone is 7. The van der Waals surface area contributed by atoms with Gasteiger partial charge in [0.25, 0.3) is 7.82 Å². The molecule has 0 bridgehead atoms. The fraction of sp³-hybridized carbons (Fsp3) is 0.841. The molecule has 3 unspecified atom stereocenters. The average Bonchev–Trinajstić information content (AvgIpc) is 3.35. The van der Waals surface area contributed by atoms with Gasteiger partial charge in [-0.2, -0.15) is 0 Å². The molecule has 3 atom stereocenters. The number of hydrogen-bond acceptors (Lipinski definition) is 7. The first-order chi connectivity index (χ1) is 35.4. The minimum absolute atomic E-state index is 0.0239. The highest BCUT2D eigenvalue weighted by Crippen LogP contribution is 2.38. The second kappa shape index (κ2) is 53.4. The van der Waals surface area contributed by atoms with Crippen molar-refractivity contribution >= 4 is 19.7 Å². The molecule has 0 aliphatic heterocycles. The molecule has 1 amide bonds. The van der Waals surface area contributed by atoms with Gasteiger partial charge in [0.1, 0.15) is 19.3 Å². The monoisotopic (exact) mass is 1050 g/mol. The van der Waals surface area contributed by atoms with E-state index in [9.17, 15) is 19.0 Å². The molecule has 9 nitrogen and oxygen atoms in total. The summed E-state index contributed by atoms with van der Waals surface area (Å²) in [5.41, 5.74) is 0. The van der Waals surface area contributed by atoms with Gasteiger partial charge >= 0.3 is 5.97 Å². The van der Waals surface area contributed by atoms with E-state index in [-0.39, 0.29) is 24.9 Å². The van der Waals surface area contributed by atoms with Gasteiger partial charge in [-0.25, -0.2) is 0 Å². The van der Waals surface area contributed by atoms with E-state index in [0.717, 1.165) is 77.0 Å². The van der Waals surface area contributed by atoms with Crippen molar-refractivity contribution in [3.63, 3.8) is 0 Å². The first-order valence-corrected chi connectivity index (χ1v) is 32.4. The minimum Gasteiger partial charge on any atom is -0.756 e. The van der Waals surface area contributed by atoms with Gasteiger partial charge in [-0.15, -0.1) is 0 Å². The third-order valence-electron chi connectivity index (χ3n) is 13.8. The fourth-order valence-electron chi connectivity index (χ4n) is 9.05. The first-order valence-electron chi connectivity index (χ1n) is 31.0. The number of likely N-dealkylation sites (N-methyl/N-ethyl adjacent to an activating group) is 1. The second-order valence-corrected chi connectivity index (χ2v) is 23.7. The maximum Gasteiger partial charge on any atom is 0.306 e. The summed E-state index contributed by atoms with van der Waals surface area (Å²) >= 11 is 0. The van der Waals surface area contributed by atoms with E-state index in [1.807, 2.05) is 33.3 Å². The Kier molecular flexibility index (Phi) is 51.9. The molecule has 0 saturated carbocycles. The Morgan fingerprint density at radius 3 is 1.30 bits per heavy atom. The minimum atomic E-state index is -4.70. The molecule has 0 radical (unpaired) electrons. The molecule has 0 spiro atoms. The Bertz CT molecular complexity index is 1390.